The molecule has 2 N–H and O–H groups in total. The van der Waals surface area contributed by atoms with Crippen LogP contribution < -0.4 is 10.6 Å². The minimum Gasteiger partial charge on any atom is -0.350 e. The summed E-state index contributed by atoms with van der Waals surface area (Å²) in [6.07, 6.45) is 0. The van der Waals surface area contributed by atoms with Crippen molar-refractivity contribution in [2.75, 3.05) is 25.5 Å². The van der Waals surface area contributed by atoms with Gasteiger partial charge in [-0.05, 0) is 53.8 Å². The number of hydrogen-bond donors (Lipinski definition) is 2. The van der Waals surface area contributed by atoms with Gasteiger partial charge < -0.3 is 10.6 Å². The molecule has 0 aliphatic rings. The van der Waals surface area contributed by atoms with Crippen LogP contribution in [0.1, 0.15) is 32.0 Å². The summed E-state index contributed by atoms with van der Waals surface area (Å²) in [6, 6.07) is 9.74. The van der Waals surface area contributed by atoms with E-state index in [2.05, 4.69) is 15.7 Å². The number of anilines is 1. The fraction of sp³-hybridized carbons (Fsp3) is 0.450. The van der Waals surface area contributed by atoms with Gasteiger partial charge >= 0.3 is 0 Å². The Morgan fingerprint density at radius 3 is 2.26 bits per heavy atom. The quantitative estimate of drug-likeness (QED) is 0.816. The lowest BCUT2D eigenvalue weighted by Crippen LogP contribution is -2.46. The first-order valence-corrected chi connectivity index (χ1v) is 8.96. The number of nitrogens with one attached hydrogen (secondary N) is 2. The number of benzene rings is 1. The third kappa shape index (κ3) is 6.53. The molecule has 0 atom stereocenters. The van der Waals surface area contributed by atoms with Crippen LogP contribution in [-0.4, -0.2) is 52.2 Å². The molecule has 0 bridgehead atoms. The van der Waals surface area contributed by atoms with Gasteiger partial charge in [0.05, 0.1) is 24.5 Å². The number of likely N-dealkylation sites (N-methyl/N-ethyl adjacent to an activating group) is 1. The van der Waals surface area contributed by atoms with E-state index < -0.39 is 0 Å². The van der Waals surface area contributed by atoms with Crippen molar-refractivity contribution in [1.29, 1.82) is 0 Å². The van der Waals surface area contributed by atoms with Crippen molar-refractivity contribution in [2.45, 2.75) is 40.2 Å². The molecule has 2 rings (SSSR count). The Hall–Kier alpha value is -2.67. The molecule has 1 aromatic heterocycles. The summed E-state index contributed by atoms with van der Waals surface area (Å²) in [5, 5.41) is 10.2. The van der Waals surface area contributed by atoms with Gasteiger partial charge in [0.15, 0.2) is 0 Å². The van der Waals surface area contributed by atoms with Crippen molar-refractivity contribution in [3.05, 3.63) is 41.6 Å². The molecule has 0 saturated heterocycles. The predicted octanol–water partition coefficient (Wildman–Crippen LogP) is 2.27. The molecular weight excluding hydrogens is 342 g/mol. The van der Waals surface area contributed by atoms with Crippen LogP contribution in [0.2, 0.25) is 0 Å². The van der Waals surface area contributed by atoms with Crippen LogP contribution in [0.15, 0.2) is 30.3 Å². The summed E-state index contributed by atoms with van der Waals surface area (Å²) >= 11 is 0. The molecule has 0 saturated carbocycles. The summed E-state index contributed by atoms with van der Waals surface area (Å²) in [5.74, 6) is 0.293. The van der Waals surface area contributed by atoms with E-state index in [1.54, 1.807) is 16.6 Å². The largest absolute Gasteiger partial charge is 0.350 e. The van der Waals surface area contributed by atoms with E-state index in [4.69, 9.17) is 0 Å². The van der Waals surface area contributed by atoms with E-state index in [9.17, 15) is 9.59 Å². The van der Waals surface area contributed by atoms with Crippen LogP contribution in [0.5, 0.6) is 0 Å². The molecule has 1 heterocycles. The minimum absolute atomic E-state index is 0.107. The first kappa shape index (κ1) is 20.6. The van der Waals surface area contributed by atoms with Gasteiger partial charge in [-0.3, -0.25) is 14.5 Å². The van der Waals surface area contributed by atoms with E-state index in [1.807, 2.05) is 65.0 Å². The maximum atomic E-state index is 12.4. The van der Waals surface area contributed by atoms with Gasteiger partial charge in [0.1, 0.15) is 5.82 Å². The predicted molar refractivity (Wildman–Crippen MR) is 107 cm³/mol. The second-order valence-electron chi connectivity index (χ2n) is 7.94. The molecular formula is C20H29N5O2. The topological polar surface area (TPSA) is 79.3 Å². The van der Waals surface area contributed by atoms with Gasteiger partial charge in [-0.25, -0.2) is 4.68 Å². The molecule has 2 aromatic rings. The van der Waals surface area contributed by atoms with Crippen LogP contribution in [0.25, 0.3) is 5.69 Å². The first-order valence-electron chi connectivity index (χ1n) is 8.96. The monoisotopic (exact) mass is 371 g/mol. The maximum absolute atomic E-state index is 12.4. The SMILES string of the molecule is Cc1ccc(-n2nc(C)cc2NC(=O)CN(C)CC(=O)NC(C)(C)C)cc1. The summed E-state index contributed by atoms with van der Waals surface area (Å²) < 4.78 is 1.71. The van der Waals surface area contributed by atoms with Gasteiger partial charge in [-0.15, -0.1) is 0 Å². The number of nitrogens with zero attached hydrogens (tertiary/aromatic N) is 3. The van der Waals surface area contributed by atoms with Gasteiger partial charge in [-0.2, -0.15) is 5.10 Å². The van der Waals surface area contributed by atoms with E-state index in [0.717, 1.165) is 16.9 Å². The number of amides is 2. The number of aromatic nitrogens is 2. The Balaban J connectivity index is 2.00. The Morgan fingerprint density at radius 2 is 1.67 bits per heavy atom. The number of hydrogen-bond acceptors (Lipinski definition) is 4. The Labute approximate surface area is 160 Å². The Bertz CT molecular complexity index is 803. The van der Waals surface area contributed by atoms with E-state index in [-0.39, 0.29) is 30.4 Å². The summed E-state index contributed by atoms with van der Waals surface area (Å²) in [7, 11) is 1.74. The summed E-state index contributed by atoms with van der Waals surface area (Å²) in [5.41, 5.74) is 2.55. The van der Waals surface area contributed by atoms with Crippen LogP contribution in [0.4, 0.5) is 5.82 Å². The molecule has 2 amide bonds. The minimum atomic E-state index is -0.293. The molecule has 0 radical (unpaired) electrons. The number of aryl methyl sites for hydroxylation is 2. The normalized spacial score (nSPS) is 11.5. The molecule has 146 valence electrons. The van der Waals surface area contributed by atoms with Crippen molar-refractivity contribution in [3.8, 4) is 5.69 Å². The molecule has 0 spiro atoms. The highest BCUT2D eigenvalue weighted by molar-refractivity contribution is 5.92. The lowest BCUT2D eigenvalue weighted by atomic mass is 10.1. The third-order valence-corrected chi connectivity index (χ3v) is 3.72. The fourth-order valence-corrected chi connectivity index (χ4v) is 2.66. The molecule has 0 aliphatic carbocycles. The highest BCUT2D eigenvalue weighted by Crippen LogP contribution is 2.17. The van der Waals surface area contributed by atoms with E-state index >= 15 is 0 Å². The number of carbonyl (C=O) groups is 2. The van der Waals surface area contributed by atoms with E-state index in [1.165, 1.54) is 0 Å². The first-order chi connectivity index (χ1) is 12.5. The summed E-state index contributed by atoms with van der Waals surface area (Å²) in [4.78, 5) is 26.1. The average molecular weight is 371 g/mol. The van der Waals surface area contributed by atoms with Gasteiger partial charge in [0, 0.05) is 11.6 Å². The molecule has 0 fully saturated rings. The second-order valence-corrected chi connectivity index (χ2v) is 7.94. The number of rotatable bonds is 6. The Morgan fingerprint density at radius 1 is 1.07 bits per heavy atom. The van der Waals surface area contributed by atoms with Crippen LogP contribution >= 0.6 is 0 Å². The smallest absolute Gasteiger partial charge is 0.239 e. The van der Waals surface area contributed by atoms with Crippen molar-refractivity contribution in [1.82, 2.24) is 20.0 Å². The molecule has 27 heavy (non-hydrogen) atoms. The zero-order valence-corrected chi connectivity index (χ0v) is 17.0. The van der Waals surface area contributed by atoms with Crippen LogP contribution in [0.3, 0.4) is 0 Å². The highest BCUT2D eigenvalue weighted by Gasteiger charge is 2.17. The van der Waals surface area contributed by atoms with Crippen molar-refractivity contribution < 1.29 is 9.59 Å². The molecule has 0 unspecified atom stereocenters. The van der Waals surface area contributed by atoms with Crippen molar-refractivity contribution in [2.24, 2.45) is 0 Å². The zero-order chi connectivity index (χ0) is 20.2. The van der Waals surface area contributed by atoms with Gasteiger partial charge in [0.25, 0.3) is 0 Å². The lowest BCUT2D eigenvalue weighted by molar-refractivity contribution is -0.124. The van der Waals surface area contributed by atoms with Gasteiger partial charge in [-0.1, -0.05) is 17.7 Å². The van der Waals surface area contributed by atoms with Crippen molar-refractivity contribution >= 4 is 17.6 Å². The highest BCUT2D eigenvalue weighted by atomic mass is 16.2. The molecule has 1 aromatic carbocycles. The van der Waals surface area contributed by atoms with Crippen LogP contribution in [-0.2, 0) is 9.59 Å². The Kier molecular flexibility index (Phi) is 6.38. The standard InChI is InChI=1S/C20H29N5O2/c1-14-7-9-16(10-8-14)25-17(11-15(2)23-25)21-18(26)12-24(6)13-19(27)22-20(3,4)5/h7-11H,12-13H2,1-6H3,(H,21,26)(H,22,27). The summed E-state index contributed by atoms with van der Waals surface area (Å²) in [6.45, 7) is 9.93. The zero-order valence-electron chi connectivity index (χ0n) is 17.0. The third-order valence-electron chi connectivity index (χ3n) is 3.72. The molecule has 0 aliphatic heterocycles. The molecule has 7 heteroatoms. The fourth-order valence-electron chi connectivity index (χ4n) is 2.66. The average Bonchev–Trinajstić information content (AvgIpc) is 2.85. The molecule has 7 nitrogen and oxygen atoms in total. The van der Waals surface area contributed by atoms with Crippen molar-refractivity contribution in [3.63, 3.8) is 0 Å². The van der Waals surface area contributed by atoms with Crippen LogP contribution in [0, 0.1) is 13.8 Å². The van der Waals surface area contributed by atoms with Gasteiger partial charge in [0.2, 0.25) is 11.8 Å². The lowest BCUT2D eigenvalue weighted by Gasteiger charge is -2.23. The van der Waals surface area contributed by atoms with E-state index in [0.29, 0.717) is 5.82 Å². The number of carbonyl (C=O) groups excluding carboxylic acids is 2. The maximum Gasteiger partial charge on any atom is 0.239 e. The second kappa shape index (κ2) is 8.35.